The van der Waals surface area contributed by atoms with Gasteiger partial charge in [-0.2, -0.15) is 0 Å². The standard InChI is InChI=1S/C18H19ClN2O3/c1-21(2)10-15(12-6-4-3-5-7-12)20-18(22)13-8-14(19)17-16(9-13)23-11-24-17/h3-9,15H,10-11H2,1-2H3,(H,20,22)/t15-/m0/s1. The van der Waals surface area contributed by atoms with Gasteiger partial charge in [-0.25, -0.2) is 0 Å². The number of fused-ring (bicyclic) bond motifs is 1. The first-order valence-corrected chi connectivity index (χ1v) is 8.02. The van der Waals surface area contributed by atoms with Crippen LogP contribution < -0.4 is 14.8 Å². The lowest BCUT2D eigenvalue weighted by atomic mass is 10.1. The summed E-state index contributed by atoms with van der Waals surface area (Å²) in [5.74, 6) is 0.781. The molecule has 2 aromatic rings. The molecule has 0 saturated heterocycles. The highest BCUT2D eigenvalue weighted by atomic mass is 35.5. The maximum absolute atomic E-state index is 12.7. The smallest absolute Gasteiger partial charge is 0.252 e. The molecule has 0 aliphatic carbocycles. The van der Waals surface area contributed by atoms with Crippen molar-refractivity contribution in [2.75, 3.05) is 27.4 Å². The maximum Gasteiger partial charge on any atom is 0.252 e. The van der Waals surface area contributed by atoms with Gasteiger partial charge >= 0.3 is 0 Å². The molecule has 0 bridgehead atoms. The number of ether oxygens (including phenoxy) is 2. The van der Waals surface area contributed by atoms with Gasteiger partial charge in [0, 0.05) is 12.1 Å². The Kier molecular flexibility index (Phi) is 4.92. The molecule has 0 aromatic heterocycles. The molecule has 3 rings (SSSR count). The van der Waals surface area contributed by atoms with E-state index in [4.69, 9.17) is 21.1 Å². The highest BCUT2D eigenvalue weighted by Crippen LogP contribution is 2.39. The van der Waals surface area contributed by atoms with E-state index in [0.29, 0.717) is 28.6 Å². The molecular weight excluding hydrogens is 328 g/mol. The van der Waals surface area contributed by atoms with Crippen LogP contribution >= 0.6 is 11.6 Å². The molecule has 6 heteroatoms. The van der Waals surface area contributed by atoms with Crippen molar-refractivity contribution < 1.29 is 14.3 Å². The van der Waals surface area contributed by atoms with Crippen molar-refractivity contribution in [2.45, 2.75) is 6.04 Å². The van der Waals surface area contributed by atoms with Crippen LogP contribution in [-0.4, -0.2) is 38.2 Å². The van der Waals surface area contributed by atoms with Gasteiger partial charge in [-0.1, -0.05) is 41.9 Å². The summed E-state index contributed by atoms with van der Waals surface area (Å²) in [5, 5.41) is 3.44. The zero-order valence-electron chi connectivity index (χ0n) is 13.6. The first-order valence-electron chi connectivity index (χ1n) is 7.64. The number of nitrogens with one attached hydrogen (secondary N) is 1. The van der Waals surface area contributed by atoms with Gasteiger partial charge in [0.05, 0.1) is 11.1 Å². The predicted octanol–water partition coefficient (Wildman–Crippen LogP) is 3.10. The summed E-state index contributed by atoms with van der Waals surface area (Å²) in [4.78, 5) is 14.7. The Labute approximate surface area is 146 Å². The summed E-state index contributed by atoms with van der Waals surface area (Å²) in [6, 6.07) is 13.0. The van der Waals surface area contributed by atoms with Gasteiger partial charge in [0.15, 0.2) is 11.5 Å². The third-order valence-electron chi connectivity index (χ3n) is 3.74. The van der Waals surface area contributed by atoms with Crippen LogP contribution in [0.25, 0.3) is 0 Å². The molecule has 1 atom stereocenters. The van der Waals surface area contributed by atoms with Crippen molar-refractivity contribution in [3.05, 3.63) is 58.6 Å². The van der Waals surface area contributed by atoms with Gasteiger partial charge < -0.3 is 19.7 Å². The number of halogens is 1. The van der Waals surface area contributed by atoms with Gasteiger partial charge in [-0.3, -0.25) is 4.79 Å². The SMILES string of the molecule is CN(C)C[C@H](NC(=O)c1cc(Cl)c2c(c1)OCO2)c1ccccc1. The third-order valence-corrected chi connectivity index (χ3v) is 4.03. The van der Waals surface area contributed by atoms with Gasteiger partial charge in [0.1, 0.15) is 0 Å². The fourth-order valence-corrected chi connectivity index (χ4v) is 2.89. The topological polar surface area (TPSA) is 50.8 Å². The number of hydrogen-bond donors (Lipinski definition) is 1. The minimum Gasteiger partial charge on any atom is -0.454 e. The Balaban J connectivity index is 1.82. The molecule has 0 saturated carbocycles. The van der Waals surface area contributed by atoms with E-state index in [2.05, 4.69) is 5.32 Å². The van der Waals surface area contributed by atoms with Gasteiger partial charge in [0.25, 0.3) is 5.91 Å². The van der Waals surface area contributed by atoms with E-state index in [0.717, 1.165) is 5.56 Å². The number of hydrogen-bond acceptors (Lipinski definition) is 4. The Morgan fingerprint density at radius 3 is 2.71 bits per heavy atom. The normalized spacial score (nSPS) is 13.8. The van der Waals surface area contributed by atoms with Gasteiger partial charge in [-0.05, 0) is 31.8 Å². The Hall–Kier alpha value is -2.24. The van der Waals surface area contributed by atoms with E-state index in [9.17, 15) is 4.79 Å². The number of amides is 1. The fourth-order valence-electron chi connectivity index (χ4n) is 2.62. The summed E-state index contributed by atoms with van der Waals surface area (Å²) < 4.78 is 10.6. The molecule has 1 aliphatic rings. The van der Waals surface area contributed by atoms with Crippen LogP contribution in [0, 0.1) is 0 Å². The van der Waals surface area contributed by atoms with Crippen molar-refractivity contribution in [1.82, 2.24) is 10.2 Å². The zero-order chi connectivity index (χ0) is 17.1. The second-order valence-electron chi connectivity index (χ2n) is 5.89. The zero-order valence-corrected chi connectivity index (χ0v) is 14.3. The summed E-state index contributed by atoms with van der Waals surface area (Å²) in [6.07, 6.45) is 0. The van der Waals surface area contributed by atoms with E-state index in [-0.39, 0.29) is 18.7 Å². The first kappa shape index (κ1) is 16.6. The van der Waals surface area contributed by atoms with Gasteiger partial charge in [-0.15, -0.1) is 0 Å². The lowest BCUT2D eigenvalue weighted by Gasteiger charge is -2.23. The maximum atomic E-state index is 12.7. The first-order chi connectivity index (χ1) is 11.5. The van der Waals surface area contributed by atoms with E-state index >= 15 is 0 Å². The molecule has 0 radical (unpaired) electrons. The van der Waals surface area contributed by atoms with Crippen LogP contribution in [0.1, 0.15) is 22.0 Å². The van der Waals surface area contributed by atoms with Crippen molar-refractivity contribution in [2.24, 2.45) is 0 Å². The number of benzene rings is 2. The average Bonchev–Trinajstić information content (AvgIpc) is 3.03. The van der Waals surface area contributed by atoms with Crippen LogP contribution in [-0.2, 0) is 0 Å². The van der Waals surface area contributed by atoms with Crippen LogP contribution in [0.2, 0.25) is 5.02 Å². The number of carbonyl (C=O) groups is 1. The third kappa shape index (κ3) is 3.63. The van der Waals surface area contributed by atoms with Crippen LogP contribution in [0.4, 0.5) is 0 Å². The van der Waals surface area contributed by atoms with E-state index in [1.54, 1.807) is 12.1 Å². The van der Waals surface area contributed by atoms with E-state index in [1.807, 2.05) is 49.3 Å². The molecule has 0 unspecified atom stereocenters. The lowest BCUT2D eigenvalue weighted by molar-refractivity contribution is 0.0929. The lowest BCUT2D eigenvalue weighted by Crippen LogP contribution is -2.35. The van der Waals surface area contributed by atoms with Crippen LogP contribution in [0.5, 0.6) is 11.5 Å². The van der Waals surface area contributed by atoms with Crippen LogP contribution in [0.15, 0.2) is 42.5 Å². The number of rotatable bonds is 5. The quantitative estimate of drug-likeness (QED) is 0.903. The average molecular weight is 347 g/mol. The van der Waals surface area contributed by atoms with Crippen LogP contribution in [0.3, 0.4) is 0 Å². The molecule has 1 aliphatic heterocycles. The van der Waals surface area contributed by atoms with Crippen molar-refractivity contribution in [3.63, 3.8) is 0 Å². The van der Waals surface area contributed by atoms with Crippen molar-refractivity contribution in [3.8, 4) is 11.5 Å². The minimum atomic E-state index is -0.203. The van der Waals surface area contributed by atoms with Crippen molar-refractivity contribution >= 4 is 17.5 Å². The number of carbonyl (C=O) groups excluding carboxylic acids is 1. The summed E-state index contributed by atoms with van der Waals surface area (Å²) in [5.41, 5.74) is 1.50. The molecule has 1 heterocycles. The second-order valence-corrected chi connectivity index (χ2v) is 6.30. The largest absolute Gasteiger partial charge is 0.454 e. The minimum absolute atomic E-state index is 0.118. The molecule has 5 nitrogen and oxygen atoms in total. The van der Waals surface area contributed by atoms with Gasteiger partial charge in [0.2, 0.25) is 6.79 Å². The summed E-state index contributed by atoms with van der Waals surface area (Å²) in [7, 11) is 3.94. The fraction of sp³-hybridized carbons (Fsp3) is 0.278. The molecule has 0 spiro atoms. The Morgan fingerprint density at radius 1 is 1.25 bits per heavy atom. The molecule has 2 aromatic carbocycles. The Bertz CT molecular complexity index is 735. The monoisotopic (exact) mass is 346 g/mol. The number of nitrogens with zero attached hydrogens (tertiary/aromatic N) is 1. The molecule has 1 N–H and O–H groups in total. The van der Waals surface area contributed by atoms with E-state index in [1.165, 1.54) is 0 Å². The second kappa shape index (κ2) is 7.11. The molecule has 126 valence electrons. The molecule has 1 amide bonds. The molecular formula is C18H19ClN2O3. The van der Waals surface area contributed by atoms with E-state index < -0.39 is 0 Å². The summed E-state index contributed by atoms with van der Waals surface area (Å²) in [6.45, 7) is 0.807. The number of likely N-dealkylation sites (N-methyl/N-ethyl adjacent to an activating group) is 1. The Morgan fingerprint density at radius 2 is 2.00 bits per heavy atom. The summed E-state index contributed by atoms with van der Waals surface area (Å²) >= 11 is 6.16. The predicted molar refractivity (Wildman–Crippen MR) is 92.8 cm³/mol. The molecule has 0 fully saturated rings. The molecule has 24 heavy (non-hydrogen) atoms. The highest BCUT2D eigenvalue weighted by Gasteiger charge is 2.22. The highest BCUT2D eigenvalue weighted by molar-refractivity contribution is 6.32. The van der Waals surface area contributed by atoms with Crippen molar-refractivity contribution in [1.29, 1.82) is 0 Å².